The van der Waals surface area contributed by atoms with Crippen LogP contribution < -0.4 is 0 Å². The van der Waals surface area contributed by atoms with E-state index in [1.807, 2.05) is 39.2 Å². The molecule has 112 valence electrons. The number of aromatic nitrogens is 2. The number of nitrogens with zero attached hydrogens (tertiary/aromatic N) is 3. The van der Waals surface area contributed by atoms with Gasteiger partial charge in [0.15, 0.2) is 0 Å². The van der Waals surface area contributed by atoms with Crippen LogP contribution in [-0.2, 0) is 0 Å². The Kier molecular flexibility index (Phi) is 3.51. The first kappa shape index (κ1) is 13.7. The van der Waals surface area contributed by atoms with E-state index in [-0.39, 0.29) is 11.9 Å². The molecule has 1 saturated heterocycles. The molecule has 0 aromatic carbocycles. The third-order valence-corrected chi connectivity index (χ3v) is 5.29. The van der Waals surface area contributed by atoms with Gasteiger partial charge >= 0.3 is 0 Å². The van der Waals surface area contributed by atoms with Crippen LogP contribution in [0.5, 0.6) is 0 Å². The Morgan fingerprint density at radius 3 is 3.09 bits per heavy atom. The molecule has 3 aromatic heterocycles. The molecule has 1 atom stereocenters. The summed E-state index contributed by atoms with van der Waals surface area (Å²) in [5.41, 5.74) is 0.953. The van der Waals surface area contributed by atoms with Gasteiger partial charge in [-0.05, 0) is 35.7 Å². The van der Waals surface area contributed by atoms with Crippen molar-refractivity contribution in [2.75, 3.05) is 6.54 Å². The standard InChI is InChI=1S/C15H13N3O2S2/c19-15(12-4-2-7-22-12)18-6-1-3-11(18)14-16-13(17-20-14)10-5-8-21-9-10/h2,4-5,7-9,11H,1,3,6H2. The highest BCUT2D eigenvalue weighted by Crippen LogP contribution is 2.34. The van der Waals surface area contributed by atoms with E-state index in [1.165, 1.54) is 11.3 Å². The van der Waals surface area contributed by atoms with Crippen molar-refractivity contribution >= 4 is 28.6 Å². The minimum absolute atomic E-state index is 0.0489. The lowest BCUT2D eigenvalue weighted by molar-refractivity contribution is 0.0715. The molecule has 4 rings (SSSR count). The highest BCUT2D eigenvalue weighted by molar-refractivity contribution is 7.12. The maximum atomic E-state index is 12.6. The van der Waals surface area contributed by atoms with Gasteiger partial charge in [-0.1, -0.05) is 11.2 Å². The molecular formula is C15H13N3O2S2. The van der Waals surface area contributed by atoms with E-state index >= 15 is 0 Å². The van der Waals surface area contributed by atoms with Crippen molar-refractivity contribution < 1.29 is 9.32 Å². The first-order valence-corrected chi connectivity index (χ1v) is 8.86. The summed E-state index contributed by atoms with van der Waals surface area (Å²) in [6.45, 7) is 0.734. The van der Waals surface area contributed by atoms with Gasteiger partial charge in [0.05, 0.1) is 4.88 Å². The lowest BCUT2D eigenvalue weighted by Gasteiger charge is -2.20. The molecule has 0 radical (unpaired) electrons. The van der Waals surface area contributed by atoms with E-state index in [1.54, 1.807) is 11.3 Å². The summed E-state index contributed by atoms with van der Waals surface area (Å²) >= 11 is 3.06. The number of rotatable bonds is 3. The average molecular weight is 331 g/mol. The lowest BCUT2D eigenvalue weighted by atomic mass is 10.2. The van der Waals surface area contributed by atoms with Gasteiger partial charge in [-0.3, -0.25) is 4.79 Å². The molecule has 7 heteroatoms. The van der Waals surface area contributed by atoms with Crippen LogP contribution >= 0.6 is 22.7 Å². The fraction of sp³-hybridized carbons (Fsp3) is 0.267. The third kappa shape index (κ3) is 2.36. The van der Waals surface area contributed by atoms with Crippen LogP contribution in [0.2, 0.25) is 0 Å². The van der Waals surface area contributed by atoms with E-state index in [0.29, 0.717) is 11.7 Å². The molecule has 0 aliphatic carbocycles. The van der Waals surface area contributed by atoms with E-state index in [9.17, 15) is 4.79 Å². The number of amides is 1. The quantitative estimate of drug-likeness (QED) is 0.732. The zero-order valence-electron chi connectivity index (χ0n) is 11.6. The van der Waals surface area contributed by atoms with E-state index in [4.69, 9.17) is 4.52 Å². The van der Waals surface area contributed by atoms with E-state index in [0.717, 1.165) is 29.8 Å². The Morgan fingerprint density at radius 1 is 1.36 bits per heavy atom. The lowest BCUT2D eigenvalue weighted by Crippen LogP contribution is -2.30. The normalized spacial score (nSPS) is 18.0. The molecule has 1 aliphatic rings. The Bertz CT molecular complexity index is 765. The summed E-state index contributed by atoms with van der Waals surface area (Å²) in [5, 5.41) is 9.93. The van der Waals surface area contributed by atoms with Gasteiger partial charge < -0.3 is 9.42 Å². The smallest absolute Gasteiger partial charge is 0.264 e. The van der Waals surface area contributed by atoms with Gasteiger partial charge in [0.1, 0.15) is 6.04 Å². The molecule has 5 nitrogen and oxygen atoms in total. The monoisotopic (exact) mass is 331 g/mol. The second kappa shape index (κ2) is 5.66. The maximum absolute atomic E-state index is 12.6. The van der Waals surface area contributed by atoms with Crippen molar-refractivity contribution in [2.24, 2.45) is 0 Å². The number of carbonyl (C=O) groups excluding carboxylic acids is 1. The van der Waals surface area contributed by atoms with E-state index in [2.05, 4.69) is 10.1 Å². The molecule has 0 N–H and O–H groups in total. The molecule has 1 amide bonds. The second-order valence-corrected chi connectivity index (χ2v) is 6.83. The molecule has 4 heterocycles. The maximum Gasteiger partial charge on any atom is 0.264 e. The third-order valence-electron chi connectivity index (χ3n) is 3.75. The van der Waals surface area contributed by atoms with Crippen molar-refractivity contribution in [2.45, 2.75) is 18.9 Å². The summed E-state index contributed by atoms with van der Waals surface area (Å²) in [7, 11) is 0. The van der Waals surface area contributed by atoms with Crippen LogP contribution in [0.3, 0.4) is 0 Å². The van der Waals surface area contributed by atoms with Gasteiger partial charge in [-0.15, -0.1) is 11.3 Å². The predicted octanol–water partition coefficient (Wildman–Crippen LogP) is 3.84. The summed E-state index contributed by atoms with van der Waals surface area (Å²) in [6, 6.07) is 5.59. The van der Waals surface area contributed by atoms with Crippen LogP contribution in [0, 0.1) is 0 Å². The molecular weight excluding hydrogens is 318 g/mol. The number of hydrogen-bond acceptors (Lipinski definition) is 6. The van der Waals surface area contributed by atoms with Crippen LogP contribution in [0.25, 0.3) is 11.4 Å². The Labute approximate surface area is 135 Å². The summed E-state index contributed by atoms with van der Waals surface area (Å²) in [5.74, 6) is 1.17. The van der Waals surface area contributed by atoms with Gasteiger partial charge in [-0.25, -0.2) is 0 Å². The minimum Gasteiger partial charge on any atom is -0.337 e. The van der Waals surface area contributed by atoms with Gasteiger partial charge in [0, 0.05) is 17.5 Å². The predicted molar refractivity (Wildman–Crippen MR) is 84.9 cm³/mol. The summed E-state index contributed by atoms with van der Waals surface area (Å²) in [4.78, 5) is 19.7. The summed E-state index contributed by atoms with van der Waals surface area (Å²) in [6.07, 6.45) is 1.82. The highest BCUT2D eigenvalue weighted by Gasteiger charge is 2.34. The van der Waals surface area contributed by atoms with Crippen molar-refractivity contribution in [3.63, 3.8) is 0 Å². The first-order valence-electron chi connectivity index (χ1n) is 7.03. The molecule has 1 fully saturated rings. The van der Waals surface area contributed by atoms with Crippen LogP contribution in [-0.4, -0.2) is 27.5 Å². The average Bonchev–Trinajstić information content (AvgIpc) is 3.35. The fourth-order valence-corrected chi connectivity index (χ4v) is 4.00. The van der Waals surface area contributed by atoms with Gasteiger partial charge in [0.25, 0.3) is 5.91 Å². The Balaban J connectivity index is 1.60. The Morgan fingerprint density at radius 2 is 2.32 bits per heavy atom. The first-order chi connectivity index (χ1) is 10.8. The zero-order valence-corrected chi connectivity index (χ0v) is 13.3. The largest absolute Gasteiger partial charge is 0.337 e. The van der Waals surface area contributed by atoms with Crippen molar-refractivity contribution in [3.8, 4) is 11.4 Å². The van der Waals surface area contributed by atoms with Crippen molar-refractivity contribution in [1.29, 1.82) is 0 Å². The van der Waals surface area contributed by atoms with Crippen molar-refractivity contribution in [1.82, 2.24) is 15.0 Å². The second-order valence-electron chi connectivity index (χ2n) is 5.10. The molecule has 22 heavy (non-hydrogen) atoms. The number of likely N-dealkylation sites (tertiary alicyclic amines) is 1. The number of hydrogen-bond donors (Lipinski definition) is 0. The fourth-order valence-electron chi connectivity index (χ4n) is 2.69. The van der Waals surface area contributed by atoms with E-state index < -0.39 is 0 Å². The van der Waals surface area contributed by atoms with Gasteiger partial charge in [-0.2, -0.15) is 16.3 Å². The number of carbonyl (C=O) groups is 1. The number of thiophene rings is 2. The SMILES string of the molecule is O=C(c1cccs1)N1CCCC1c1nc(-c2ccsc2)no1. The molecule has 0 bridgehead atoms. The molecule has 1 aliphatic heterocycles. The topological polar surface area (TPSA) is 59.2 Å². The van der Waals surface area contributed by atoms with Crippen LogP contribution in [0.4, 0.5) is 0 Å². The van der Waals surface area contributed by atoms with Gasteiger partial charge in [0.2, 0.25) is 11.7 Å². The molecule has 3 aromatic rings. The van der Waals surface area contributed by atoms with Crippen LogP contribution in [0.1, 0.15) is 34.4 Å². The minimum atomic E-state index is -0.116. The molecule has 1 unspecified atom stereocenters. The van der Waals surface area contributed by atoms with Crippen LogP contribution in [0.15, 0.2) is 38.9 Å². The Hall–Kier alpha value is -1.99. The highest BCUT2D eigenvalue weighted by atomic mass is 32.1. The molecule has 0 spiro atoms. The van der Waals surface area contributed by atoms with Crippen molar-refractivity contribution in [3.05, 3.63) is 45.1 Å². The molecule has 0 saturated carbocycles. The zero-order chi connectivity index (χ0) is 14.9. The summed E-state index contributed by atoms with van der Waals surface area (Å²) < 4.78 is 5.42.